The molecular weight excluding hydrogens is 312 g/mol. The molecule has 0 bridgehead atoms. The van der Waals surface area contributed by atoms with Gasteiger partial charge < -0.3 is 5.11 Å². The number of aliphatic hydroxyl groups is 1. The molecule has 0 aliphatic heterocycles. The summed E-state index contributed by atoms with van der Waals surface area (Å²) in [6.45, 7) is 1.90. The highest BCUT2D eigenvalue weighted by molar-refractivity contribution is 9.10. The van der Waals surface area contributed by atoms with Gasteiger partial charge in [0.05, 0.1) is 0 Å². The predicted molar refractivity (Wildman–Crippen MR) is 85.8 cm³/mol. The molecule has 0 spiro atoms. The lowest BCUT2D eigenvalue weighted by molar-refractivity contribution is 0.1000. The zero-order valence-electron chi connectivity index (χ0n) is 11.6. The fourth-order valence-electron chi connectivity index (χ4n) is 2.96. The van der Waals surface area contributed by atoms with E-state index in [1.807, 2.05) is 37.3 Å². The van der Waals surface area contributed by atoms with Crippen LogP contribution in [0.3, 0.4) is 0 Å². The Morgan fingerprint density at radius 1 is 1.10 bits per heavy atom. The van der Waals surface area contributed by atoms with Crippen LogP contribution in [0.1, 0.15) is 48.8 Å². The van der Waals surface area contributed by atoms with E-state index >= 15 is 0 Å². The Kier molecular flexibility index (Phi) is 3.70. The third-order valence-electron chi connectivity index (χ3n) is 4.42. The Balaban J connectivity index is 2.07. The highest BCUT2D eigenvalue weighted by Gasteiger charge is 2.32. The van der Waals surface area contributed by atoms with Crippen molar-refractivity contribution in [2.75, 3.05) is 0 Å². The lowest BCUT2D eigenvalue weighted by atomic mass is 9.74. The molecule has 0 radical (unpaired) electrons. The van der Waals surface area contributed by atoms with Gasteiger partial charge >= 0.3 is 0 Å². The van der Waals surface area contributed by atoms with Gasteiger partial charge in [0.1, 0.15) is 5.60 Å². The van der Waals surface area contributed by atoms with E-state index in [0.717, 1.165) is 15.6 Å². The van der Waals surface area contributed by atoms with Crippen LogP contribution in [0.5, 0.6) is 0 Å². The molecule has 1 unspecified atom stereocenters. The largest absolute Gasteiger partial charge is 0.381 e. The highest BCUT2D eigenvalue weighted by atomic mass is 79.9. The molecule has 0 heterocycles. The van der Waals surface area contributed by atoms with Gasteiger partial charge in [-0.2, -0.15) is 0 Å². The Hall–Kier alpha value is -1.12. The third kappa shape index (κ3) is 2.43. The fourth-order valence-corrected chi connectivity index (χ4v) is 3.36. The van der Waals surface area contributed by atoms with Gasteiger partial charge in [0.15, 0.2) is 0 Å². The van der Waals surface area contributed by atoms with Crippen LogP contribution in [0.15, 0.2) is 53.0 Å². The molecule has 1 saturated carbocycles. The van der Waals surface area contributed by atoms with Crippen molar-refractivity contribution in [1.29, 1.82) is 0 Å². The second-order valence-corrected chi connectivity index (χ2v) is 6.71. The molecule has 1 N–H and O–H groups in total. The highest BCUT2D eigenvalue weighted by Crippen LogP contribution is 2.42. The minimum atomic E-state index is -0.948. The van der Waals surface area contributed by atoms with Crippen molar-refractivity contribution in [1.82, 2.24) is 0 Å². The molecule has 104 valence electrons. The van der Waals surface area contributed by atoms with Crippen LogP contribution in [-0.2, 0) is 5.60 Å². The number of halogens is 1. The van der Waals surface area contributed by atoms with Crippen LogP contribution in [-0.4, -0.2) is 5.11 Å². The first-order valence-corrected chi connectivity index (χ1v) is 7.96. The molecule has 0 amide bonds. The Morgan fingerprint density at radius 3 is 2.50 bits per heavy atom. The average Bonchev–Trinajstić information content (AvgIpc) is 2.37. The zero-order valence-corrected chi connectivity index (χ0v) is 13.2. The lowest BCUT2D eigenvalue weighted by Crippen LogP contribution is -2.26. The Bertz CT molecular complexity index is 614. The molecular formula is C18H19BrO. The summed E-state index contributed by atoms with van der Waals surface area (Å²) in [5.74, 6) is 0.616. The first-order valence-electron chi connectivity index (χ1n) is 7.17. The maximum absolute atomic E-state index is 11.1. The molecule has 1 aliphatic rings. The summed E-state index contributed by atoms with van der Waals surface area (Å²) in [7, 11) is 0. The average molecular weight is 331 g/mol. The predicted octanol–water partition coefficient (Wildman–Crippen LogP) is 4.97. The normalized spacial score (nSPS) is 18.4. The maximum Gasteiger partial charge on any atom is 0.112 e. The molecule has 2 heteroatoms. The molecule has 3 rings (SSSR count). The summed E-state index contributed by atoms with van der Waals surface area (Å²) in [5.41, 5.74) is 2.33. The van der Waals surface area contributed by atoms with Crippen molar-refractivity contribution in [2.24, 2.45) is 0 Å². The number of hydrogen-bond acceptors (Lipinski definition) is 1. The van der Waals surface area contributed by atoms with Gasteiger partial charge in [-0.3, -0.25) is 0 Å². The molecule has 20 heavy (non-hydrogen) atoms. The SMILES string of the molecule is CC(O)(c1cccc(Br)c1)c1ccccc1C1CCC1. The van der Waals surface area contributed by atoms with Crippen LogP contribution >= 0.6 is 15.9 Å². The zero-order chi connectivity index (χ0) is 14.2. The minimum absolute atomic E-state index is 0.616. The Morgan fingerprint density at radius 2 is 1.85 bits per heavy atom. The van der Waals surface area contributed by atoms with Crippen LogP contribution in [0.2, 0.25) is 0 Å². The summed E-state index contributed by atoms with van der Waals surface area (Å²) >= 11 is 3.49. The summed E-state index contributed by atoms with van der Waals surface area (Å²) < 4.78 is 0.997. The standard InChI is InChI=1S/C18H19BrO/c1-18(20,14-8-5-9-15(19)12-14)17-11-3-2-10-16(17)13-6-4-7-13/h2-3,5,8-13,20H,4,6-7H2,1H3. The van der Waals surface area contributed by atoms with Crippen LogP contribution in [0.4, 0.5) is 0 Å². The second-order valence-electron chi connectivity index (χ2n) is 5.80. The van der Waals surface area contributed by atoms with Crippen molar-refractivity contribution in [3.8, 4) is 0 Å². The molecule has 2 aromatic carbocycles. The summed E-state index contributed by atoms with van der Waals surface area (Å²) in [6, 6.07) is 16.3. The van der Waals surface area contributed by atoms with Gasteiger partial charge in [-0.1, -0.05) is 58.7 Å². The van der Waals surface area contributed by atoms with Crippen molar-refractivity contribution in [3.63, 3.8) is 0 Å². The molecule has 0 saturated heterocycles. The lowest BCUT2D eigenvalue weighted by Gasteiger charge is -2.33. The minimum Gasteiger partial charge on any atom is -0.381 e. The van der Waals surface area contributed by atoms with Gasteiger partial charge in [0.2, 0.25) is 0 Å². The number of benzene rings is 2. The molecule has 0 aromatic heterocycles. The monoisotopic (exact) mass is 330 g/mol. The molecule has 1 atom stereocenters. The first kappa shape index (κ1) is 13.8. The van der Waals surface area contributed by atoms with E-state index in [-0.39, 0.29) is 0 Å². The summed E-state index contributed by atoms with van der Waals surface area (Å²) in [4.78, 5) is 0. The second kappa shape index (κ2) is 5.34. The van der Waals surface area contributed by atoms with E-state index in [0.29, 0.717) is 5.92 Å². The molecule has 1 nitrogen and oxygen atoms in total. The third-order valence-corrected chi connectivity index (χ3v) is 4.91. The smallest absolute Gasteiger partial charge is 0.112 e. The van der Waals surface area contributed by atoms with E-state index in [4.69, 9.17) is 0 Å². The van der Waals surface area contributed by atoms with E-state index < -0.39 is 5.60 Å². The topological polar surface area (TPSA) is 20.2 Å². The van der Waals surface area contributed by atoms with Gasteiger partial charge in [0, 0.05) is 4.47 Å². The van der Waals surface area contributed by atoms with Crippen molar-refractivity contribution >= 4 is 15.9 Å². The van der Waals surface area contributed by atoms with E-state index in [2.05, 4.69) is 34.1 Å². The van der Waals surface area contributed by atoms with Crippen molar-refractivity contribution < 1.29 is 5.11 Å². The van der Waals surface area contributed by atoms with Gasteiger partial charge in [-0.05, 0) is 54.5 Å². The van der Waals surface area contributed by atoms with E-state index in [9.17, 15) is 5.11 Å². The molecule has 1 fully saturated rings. The van der Waals surface area contributed by atoms with Crippen molar-refractivity contribution in [2.45, 2.75) is 37.7 Å². The fraction of sp³-hybridized carbons (Fsp3) is 0.333. The quantitative estimate of drug-likeness (QED) is 0.842. The number of hydrogen-bond donors (Lipinski definition) is 1. The van der Waals surface area contributed by atoms with Gasteiger partial charge in [-0.15, -0.1) is 0 Å². The van der Waals surface area contributed by atoms with Crippen LogP contribution in [0, 0.1) is 0 Å². The number of rotatable bonds is 3. The summed E-state index contributed by atoms with van der Waals surface area (Å²) in [5, 5.41) is 11.1. The van der Waals surface area contributed by atoms with E-state index in [1.165, 1.54) is 24.8 Å². The van der Waals surface area contributed by atoms with Gasteiger partial charge in [0.25, 0.3) is 0 Å². The van der Waals surface area contributed by atoms with Crippen LogP contribution in [0.25, 0.3) is 0 Å². The molecule has 1 aliphatic carbocycles. The molecule has 2 aromatic rings. The van der Waals surface area contributed by atoms with Gasteiger partial charge in [-0.25, -0.2) is 0 Å². The van der Waals surface area contributed by atoms with Crippen LogP contribution < -0.4 is 0 Å². The summed E-state index contributed by atoms with van der Waals surface area (Å²) in [6.07, 6.45) is 3.79. The van der Waals surface area contributed by atoms with E-state index in [1.54, 1.807) is 0 Å². The maximum atomic E-state index is 11.1. The Labute approximate surface area is 128 Å². The first-order chi connectivity index (χ1) is 9.59. The van der Waals surface area contributed by atoms with Crippen molar-refractivity contribution in [3.05, 3.63) is 69.7 Å².